The van der Waals surface area contributed by atoms with E-state index in [1.165, 1.54) is 0 Å². The van der Waals surface area contributed by atoms with E-state index in [0.717, 1.165) is 61.0 Å². The predicted octanol–water partition coefficient (Wildman–Crippen LogP) is 2.68. The Hall–Kier alpha value is -1.47. The van der Waals surface area contributed by atoms with Crippen molar-refractivity contribution in [3.8, 4) is 0 Å². The summed E-state index contributed by atoms with van der Waals surface area (Å²) in [5.74, 6) is 0.116. The monoisotopic (exact) mass is 380 g/mol. The Morgan fingerprint density at radius 3 is 2.60 bits per heavy atom. The van der Waals surface area contributed by atoms with Gasteiger partial charge < -0.3 is 10.6 Å². The van der Waals surface area contributed by atoms with E-state index in [0.29, 0.717) is 6.54 Å². The third-order valence-corrected chi connectivity index (χ3v) is 5.19. The van der Waals surface area contributed by atoms with Crippen LogP contribution in [0.25, 0.3) is 0 Å². The molecular weight excluding hydrogens is 356 g/mol. The predicted molar refractivity (Wildman–Crippen MR) is 104 cm³/mol. The summed E-state index contributed by atoms with van der Waals surface area (Å²) in [4.78, 5) is 21.6. The van der Waals surface area contributed by atoms with Crippen LogP contribution >= 0.6 is 23.7 Å². The molecule has 0 spiro atoms. The molecule has 0 bridgehead atoms. The standard InChI is InChI=1S/C18H24N4OS.ClH/c1-14-20-17(13-24-14)12-21-7-2-8-22(10-9-21)18(23)16-5-3-15(11-19)4-6-16;/h3-6,13H,2,7-12,19H2,1H3;1H. The molecule has 7 heteroatoms. The van der Waals surface area contributed by atoms with Gasteiger partial charge in [0.25, 0.3) is 5.91 Å². The van der Waals surface area contributed by atoms with Crippen molar-refractivity contribution in [2.24, 2.45) is 5.73 Å². The number of nitrogens with two attached hydrogens (primary N) is 1. The molecule has 25 heavy (non-hydrogen) atoms. The van der Waals surface area contributed by atoms with Gasteiger partial charge in [0.15, 0.2) is 0 Å². The smallest absolute Gasteiger partial charge is 0.253 e. The average Bonchev–Trinajstić information content (AvgIpc) is 2.87. The van der Waals surface area contributed by atoms with Gasteiger partial charge in [0.05, 0.1) is 10.7 Å². The molecule has 2 N–H and O–H groups in total. The van der Waals surface area contributed by atoms with Crippen LogP contribution in [0.3, 0.4) is 0 Å². The second-order valence-corrected chi connectivity index (χ2v) is 7.24. The van der Waals surface area contributed by atoms with Gasteiger partial charge in [-0.15, -0.1) is 23.7 Å². The number of halogens is 1. The molecule has 3 rings (SSSR count). The maximum atomic E-state index is 12.7. The van der Waals surface area contributed by atoms with Crippen molar-refractivity contribution in [3.63, 3.8) is 0 Å². The number of nitrogens with zero attached hydrogens (tertiary/aromatic N) is 3. The van der Waals surface area contributed by atoms with Gasteiger partial charge in [-0.2, -0.15) is 0 Å². The van der Waals surface area contributed by atoms with E-state index in [1.54, 1.807) is 11.3 Å². The molecule has 1 saturated heterocycles. The Balaban J connectivity index is 0.00000225. The first-order valence-electron chi connectivity index (χ1n) is 8.37. The van der Waals surface area contributed by atoms with E-state index < -0.39 is 0 Å². The topological polar surface area (TPSA) is 62.5 Å². The Labute approximate surface area is 159 Å². The van der Waals surface area contributed by atoms with Gasteiger partial charge in [-0.1, -0.05) is 12.1 Å². The SMILES string of the molecule is Cc1nc(CN2CCCN(C(=O)c3ccc(CN)cc3)CC2)cs1.Cl. The molecule has 1 fully saturated rings. The first-order chi connectivity index (χ1) is 11.7. The fraction of sp³-hybridized carbons (Fsp3) is 0.444. The highest BCUT2D eigenvalue weighted by molar-refractivity contribution is 7.09. The molecule has 1 amide bonds. The number of carbonyl (C=O) groups excluding carboxylic acids is 1. The maximum absolute atomic E-state index is 12.7. The van der Waals surface area contributed by atoms with E-state index in [4.69, 9.17) is 5.73 Å². The Morgan fingerprint density at radius 2 is 1.96 bits per heavy atom. The van der Waals surface area contributed by atoms with Crippen molar-refractivity contribution in [2.75, 3.05) is 26.2 Å². The minimum atomic E-state index is 0. The normalized spacial score (nSPS) is 15.5. The lowest BCUT2D eigenvalue weighted by Crippen LogP contribution is -2.35. The lowest BCUT2D eigenvalue weighted by molar-refractivity contribution is 0.0761. The van der Waals surface area contributed by atoms with Crippen LogP contribution < -0.4 is 5.73 Å². The summed E-state index contributed by atoms with van der Waals surface area (Å²) >= 11 is 1.69. The quantitative estimate of drug-likeness (QED) is 0.885. The summed E-state index contributed by atoms with van der Waals surface area (Å²) < 4.78 is 0. The fourth-order valence-electron chi connectivity index (χ4n) is 3.01. The minimum absolute atomic E-state index is 0. The fourth-order valence-corrected chi connectivity index (χ4v) is 3.61. The van der Waals surface area contributed by atoms with E-state index in [2.05, 4.69) is 15.3 Å². The van der Waals surface area contributed by atoms with Gasteiger partial charge in [-0.25, -0.2) is 4.98 Å². The van der Waals surface area contributed by atoms with Crippen LogP contribution in [0.1, 0.15) is 33.0 Å². The summed E-state index contributed by atoms with van der Waals surface area (Å²) in [6.07, 6.45) is 0.996. The molecular formula is C18H25ClN4OS. The maximum Gasteiger partial charge on any atom is 0.253 e. The Morgan fingerprint density at radius 1 is 1.20 bits per heavy atom. The zero-order valence-corrected chi connectivity index (χ0v) is 16.1. The molecule has 0 saturated carbocycles. The first-order valence-corrected chi connectivity index (χ1v) is 9.25. The number of benzene rings is 1. The van der Waals surface area contributed by atoms with Crippen LogP contribution in [0.5, 0.6) is 0 Å². The van der Waals surface area contributed by atoms with Crippen LogP contribution in [0.15, 0.2) is 29.6 Å². The first kappa shape index (κ1) is 19.8. The summed E-state index contributed by atoms with van der Waals surface area (Å²) in [6.45, 7) is 6.88. The molecule has 1 aromatic heterocycles. The summed E-state index contributed by atoms with van der Waals surface area (Å²) in [5.41, 5.74) is 8.54. The molecule has 1 aromatic carbocycles. The van der Waals surface area contributed by atoms with Gasteiger partial charge in [0.1, 0.15) is 0 Å². The van der Waals surface area contributed by atoms with Gasteiger partial charge in [-0.05, 0) is 31.0 Å². The van der Waals surface area contributed by atoms with Crippen molar-refractivity contribution < 1.29 is 4.79 Å². The van der Waals surface area contributed by atoms with Crippen molar-refractivity contribution in [1.82, 2.24) is 14.8 Å². The van der Waals surface area contributed by atoms with Crippen molar-refractivity contribution >= 4 is 29.7 Å². The zero-order valence-electron chi connectivity index (χ0n) is 14.5. The van der Waals surface area contributed by atoms with Crippen LogP contribution in [0, 0.1) is 6.92 Å². The highest BCUT2D eigenvalue weighted by atomic mass is 35.5. The Kier molecular flexibility index (Phi) is 7.38. The highest BCUT2D eigenvalue weighted by Gasteiger charge is 2.20. The van der Waals surface area contributed by atoms with Crippen molar-refractivity contribution in [2.45, 2.75) is 26.4 Å². The zero-order chi connectivity index (χ0) is 16.9. The average molecular weight is 381 g/mol. The molecule has 5 nitrogen and oxygen atoms in total. The molecule has 0 atom stereocenters. The molecule has 0 radical (unpaired) electrons. The summed E-state index contributed by atoms with van der Waals surface area (Å²) in [5, 5.41) is 3.24. The van der Waals surface area contributed by atoms with Crippen molar-refractivity contribution in [3.05, 3.63) is 51.5 Å². The van der Waals surface area contributed by atoms with E-state index in [1.807, 2.05) is 36.1 Å². The number of amides is 1. The second kappa shape index (κ2) is 9.29. The number of aromatic nitrogens is 1. The van der Waals surface area contributed by atoms with Crippen LogP contribution in [0.2, 0.25) is 0 Å². The van der Waals surface area contributed by atoms with Crippen LogP contribution in [-0.4, -0.2) is 46.9 Å². The van der Waals surface area contributed by atoms with E-state index >= 15 is 0 Å². The highest BCUT2D eigenvalue weighted by Crippen LogP contribution is 2.14. The molecule has 1 aliphatic heterocycles. The molecule has 136 valence electrons. The summed E-state index contributed by atoms with van der Waals surface area (Å²) in [7, 11) is 0. The number of carbonyl (C=O) groups is 1. The number of hydrogen-bond donors (Lipinski definition) is 1. The minimum Gasteiger partial charge on any atom is -0.337 e. The van der Waals surface area contributed by atoms with Gasteiger partial charge in [-0.3, -0.25) is 9.69 Å². The lowest BCUT2D eigenvalue weighted by Gasteiger charge is -2.21. The molecule has 0 unspecified atom stereocenters. The van der Waals surface area contributed by atoms with Gasteiger partial charge >= 0.3 is 0 Å². The second-order valence-electron chi connectivity index (χ2n) is 6.18. The third-order valence-electron chi connectivity index (χ3n) is 4.36. The summed E-state index contributed by atoms with van der Waals surface area (Å²) in [6, 6.07) is 7.63. The largest absolute Gasteiger partial charge is 0.337 e. The van der Waals surface area contributed by atoms with Crippen LogP contribution in [0.4, 0.5) is 0 Å². The molecule has 2 heterocycles. The van der Waals surface area contributed by atoms with Gasteiger partial charge in [0, 0.05) is 50.2 Å². The number of aryl methyl sites for hydroxylation is 1. The number of rotatable bonds is 4. The Bertz CT molecular complexity index is 689. The lowest BCUT2D eigenvalue weighted by atomic mass is 10.1. The van der Waals surface area contributed by atoms with E-state index in [-0.39, 0.29) is 18.3 Å². The number of hydrogen-bond acceptors (Lipinski definition) is 5. The van der Waals surface area contributed by atoms with Crippen LogP contribution in [-0.2, 0) is 13.1 Å². The van der Waals surface area contributed by atoms with Crippen molar-refractivity contribution in [1.29, 1.82) is 0 Å². The number of thiazole rings is 1. The van der Waals surface area contributed by atoms with Gasteiger partial charge in [0.2, 0.25) is 0 Å². The molecule has 0 aliphatic carbocycles. The molecule has 1 aliphatic rings. The third kappa shape index (κ3) is 5.25. The van der Waals surface area contributed by atoms with E-state index in [9.17, 15) is 4.79 Å². The molecule has 2 aromatic rings.